The van der Waals surface area contributed by atoms with Crippen molar-refractivity contribution in [1.82, 2.24) is 9.88 Å². The third kappa shape index (κ3) is 3.41. The smallest absolute Gasteiger partial charge is 0.0907 e. The summed E-state index contributed by atoms with van der Waals surface area (Å²) in [6.45, 7) is 7.29. The third-order valence-electron chi connectivity index (χ3n) is 3.40. The van der Waals surface area contributed by atoms with E-state index in [1.54, 1.807) is 11.3 Å². The average Bonchev–Trinajstić information content (AvgIpc) is 2.73. The summed E-state index contributed by atoms with van der Waals surface area (Å²) in [5, 5.41) is 1.09. The Kier molecular flexibility index (Phi) is 4.83. The van der Waals surface area contributed by atoms with Gasteiger partial charge < -0.3 is 15.5 Å². The first kappa shape index (κ1) is 15.1. The lowest BCUT2D eigenvalue weighted by atomic mass is 10.2. The maximum absolute atomic E-state index is 6.23. The number of thiazole rings is 1. The van der Waals surface area contributed by atoms with Crippen LogP contribution in [0.4, 0.5) is 11.4 Å². The van der Waals surface area contributed by atoms with Gasteiger partial charge in [-0.15, -0.1) is 11.3 Å². The summed E-state index contributed by atoms with van der Waals surface area (Å²) in [7, 11) is 4.21. The Morgan fingerprint density at radius 3 is 2.65 bits per heavy atom. The number of nitrogen functional groups attached to an aromatic ring is 1. The summed E-state index contributed by atoms with van der Waals surface area (Å²) >= 11 is 1.70. The minimum atomic E-state index is 0.854. The topological polar surface area (TPSA) is 45.4 Å². The van der Waals surface area contributed by atoms with Crippen LogP contribution in [0.2, 0.25) is 0 Å². The Morgan fingerprint density at radius 1 is 1.25 bits per heavy atom. The zero-order valence-corrected chi connectivity index (χ0v) is 13.6. The molecule has 0 amide bonds. The lowest BCUT2D eigenvalue weighted by molar-refractivity contribution is 0.400. The molecule has 0 unspecified atom stereocenters. The Balaban J connectivity index is 2.21. The molecule has 0 saturated carbocycles. The van der Waals surface area contributed by atoms with Crippen molar-refractivity contribution in [3.8, 4) is 0 Å². The molecule has 0 aliphatic carbocycles. The first-order chi connectivity index (χ1) is 9.51. The molecule has 5 heteroatoms. The molecular formula is C15H24N4S. The van der Waals surface area contributed by atoms with E-state index in [0.717, 1.165) is 48.0 Å². The molecule has 2 rings (SSSR count). The molecule has 0 saturated heterocycles. The molecule has 0 atom stereocenters. The largest absolute Gasteiger partial charge is 0.397 e. The predicted octanol–water partition coefficient (Wildman–Crippen LogP) is 2.96. The van der Waals surface area contributed by atoms with E-state index in [2.05, 4.69) is 47.9 Å². The number of nitrogens with two attached hydrogens (primary N) is 1. The van der Waals surface area contributed by atoms with Gasteiger partial charge in [0.25, 0.3) is 0 Å². The van der Waals surface area contributed by atoms with Gasteiger partial charge in [0.1, 0.15) is 0 Å². The minimum Gasteiger partial charge on any atom is -0.397 e. The first-order valence-corrected chi connectivity index (χ1v) is 7.89. The van der Waals surface area contributed by atoms with Gasteiger partial charge in [0.2, 0.25) is 0 Å². The van der Waals surface area contributed by atoms with Crippen molar-refractivity contribution >= 4 is 32.9 Å². The second-order valence-electron chi connectivity index (χ2n) is 5.35. The van der Waals surface area contributed by atoms with Gasteiger partial charge in [-0.05, 0) is 53.0 Å². The van der Waals surface area contributed by atoms with Crippen molar-refractivity contribution in [3.63, 3.8) is 0 Å². The van der Waals surface area contributed by atoms with Crippen LogP contribution in [0.25, 0.3) is 10.2 Å². The Labute approximate surface area is 125 Å². The number of aryl methyl sites for hydroxylation is 1. The zero-order chi connectivity index (χ0) is 14.7. The summed E-state index contributed by atoms with van der Waals surface area (Å²) in [5.74, 6) is 0. The van der Waals surface area contributed by atoms with E-state index in [9.17, 15) is 0 Å². The normalized spacial score (nSPS) is 11.4. The molecule has 0 fully saturated rings. The summed E-state index contributed by atoms with van der Waals surface area (Å²) in [4.78, 5) is 9.12. The Bertz CT molecular complexity index is 577. The number of benzene rings is 1. The molecule has 1 aromatic heterocycles. The van der Waals surface area contributed by atoms with Crippen molar-refractivity contribution in [3.05, 3.63) is 17.1 Å². The van der Waals surface area contributed by atoms with Gasteiger partial charge in [-0.1, -0.05) is 0 Å². The molecule has 0 bridgehead atoms. The minimum absolute atomic E-state index is 0.854. The van der Waals surface area contributed by atoms with Crippen molar-refractivity contribution in [2.75, 3.05) is 44.4 Å². The predicted molar refractivity (Wildman–Crippen MR) is 89.8 cm³/mol. The third-order valence-corrected chi connectivity index (χ3v) is 4.33. The van der Waals surface area contributed by atoms with E-state index in [-0.39, 0.29) is 0 Å². The van der Waals surface area contributed by atoms with Crippen molar-refractivity contribution in [1.29, 1.82) is 0 Å². The van der Waals surface area contributed by atoms with Crippen LogP contribution in [0.5, 0.6) is 0 Å². The fraction of sp³-hybridized carbons (Fsp3) is 0.533. The van der Waals surface area contributed by atoms with Gasteiger partial charge in [-0.25, -0.2) is 4.98 Å². The first-order valence-electron chi connectivity index (χ1n) is 7.07. The molecule has 1 aromatic carbocycles. The number of fused-ring (bicyclic) bond motifs is 1. The fourth-order valence-electron chi connectivity index (χ4n) is 2.39. The quantitative estimate of drug-likeness (QED) is 0.831. The zero-order valence-electron chi connectivity index (χ0n) is 12.8. The second kappa shape index (κ2) is 6.41. The maximum atomic E-state index is 6.23. The van der Waals surface area contributed by atoms with E-state index in [1.165, 1.54) is 4.70 Å². The van der Waals surface area contributed by atoms with E-state index in [0.29, 0.717) is 0 Å². The number of anilines is 2. The molecule has 0 radical (unpaired) electrons. The second-order valence-corrected chi connectivity index (χ2v) is 6.58. The van der Waals surface area contributed by atoms with E-state index in [1.807, 2.05) is 6.92 Å². The highest BCUT2D eigenvalue weighted by Gasteiger charge is 2.11. The summed E-state index contributed by atoms with van der Waals surface area (Å²) in [5.41, 5.74) is 9.26. The highest BCUT2D eigenvalue weighted by molar-refractivity contribution is 7.18. The molecule has 2 N–H and O–H groups in total. The molecule has 1 heterocycles. The van der Waals surface area contributed by atoms with Crippen molar-refractivity contribution < 1.29 is 0 Å². The standard InChI is InChI=1S/C15H24N4S/c1-5-19(8-6-7-18(3)4)14-10-13-15(9-12(14)16)20-11(2)17-13/h9-10H,5-8,16H2,1-4H3. The molecule has 0 aliphatic heterocycles. The SMILES string of the molecule is CCN(CCCN(C)C)c1cc2nc(C)sc2cc1N. The van der Waals surface area contributed by atoms with Crippen molar-refractivity contribution in [2.45, 2.75) is 20.3 Å². The lowest BCUT2D eigenvalue weighted by Crippen LogP contribution is -2.27. The molecule has 4 nitrogen and oxygen atoms in total. The van der Waals surface area contributed by atoms with Crippen LogP contribution in [0, 0.1) is 6.92 Å². The fourth-order valence-corrected chi connectivity index (χ4v) is 3.25. The van der Waals surface area contributed by atoms with Gasteiger partial charge in [0.05, 0.1) is 26.6 Å². The average molecular weight is 292 g/mol. The van der Waals surface area contributed by atoms with E-state index >= 15 is 0 Å². The summed E-state index contributed by atoms with van der Waals surface area (Å²) in [6, 6.07) is 4.19. The maximum Gasteiger partial charge on any atom is 0.0907 e. The highest BCUT2D eigenvalue weighted by atomic mass is 32.1. The molecule has 2 aromatic rings. The number of rotatable bonds is 6. The van der Waals surface area contributed by atoms with Gasteiger partial charge in [-0.3, -0.25) is 0 Å². The summed E-state index contributed by atoms with van der Waals surface area (Å²) in [6.07, 6.45) is 1.13. The van der Waals surface area contributed by atoms with Crippen LogP contribution in [-0.2, 0) is 0 Å². The van der Waals surface area contributed by atoms with Crippen LogP contribution in [0.15, 0.2) is 12.1 Å². The lowest BCUT2D eigenvalue weighted by Gasteiger charge is -2.25. The van der Waals surface area contributed by atoms with Crippen molar-refractivity contribution in [2.24, 2.45) is 0 Å². The number of nitrogens with zero attached hydrogens (tertiary/aromatic N) is 3. The molecular weight excluding hydrogens is 268 g/mol. The van der Waals surface area contributed by atoms with Crippen LogP contribution in [0.1, 0.15) is 18.4 Å². The van der Waals surface area contributed by atoms with E-state index < -0.39 is 0 Å². The van der Waals surface area contributed by atoms with Gasteiger partial charge in [0, 0.05) is 13.1 Å². The van der Waals surface area contributed by atoms with E-state index in [4.69, 9.17) is 5.73 Å². The van der Waals surface area contributed by atoms with Crippen LogP contribution in [0.3, 0.4) is 0 Å². The molecule has 110 valence electrons. The Morgan fingerprint density at radius 2 is 2.00 bits per heavy atom. The van der Waals surface area contributed by atoms with Gasteiger partial charge in [-0.2, -0.15) is 0 Å². The number of hydrogen-bond donors (Lipinski definition) is 1. The number of hydrogen-bond acceptors (Lipinski definition) is 5. The highest BCUT2D eigenvalue weighted by Crippen LogP contribution is 2.32. The van der Waals surface area contributed by atoms with Crippen LogP contribution < -0.4 is 10.6 Å². The number of aromatic nitrogens is 1. The van der Waals surface area contributed by atoms with Gasteiger partial charge >= 0.3 is 0 Å². The van der Waals surface area contributed by atoms with Crippen LogP contribution >= 0.6 is 11.3 Å². The monoisotopic (exact) mass is 292 g/mol. The summed E-state index contributed by atoms with van der Waals surface area (Å²) < 4.78 is 1.17. The molecule has 20 heavy (non-hydrogen) atoms. The molecule has 0 spiro atoms. The molecule has 0 aliphatic rings. The van der Waals surface area contributed by atoms with Gasteiger partial charge in [0.15, 0.2) is 0 Å². The van der Waals surface area contributed by atoms with Crippen LogP contribution in [-0.4, -0.2) is 43.6 Å². The Hall–Kier alpha value is -1.33.